The quantitative estimate of drug-likeness (QED) is 0.300. The van der Waals surface area contributed by atoms with Crippen LogP contribution in [0.2, 0.25) is 0 Å². The maximum Gasteiger partial charge on any atom is 0.330 e. The number of furan rings is 1. The fraction of sp³-hybridized carbons (Fsp3) is 0.400. The molecule has 2 aliphatic heterocycles. The van der Waals surface area contributed by atoms with Crippen LogP contribution in [0.15, 0.2) is 53.4 Å². The van der Waals surface area contributed by atoms with Crippen LogP contribution in [0.1, 0.15) is 0 Å². The largest absolute Gasteiger partial charge is 0.473 e. The zero-order valence-corrected chi connectivity index (χ0v) is 17.0. The first-order chi connectivity index (χ1) is 14.4. The van der Waals surface area contributed by atoms with Gasteiger partial charge < -0.3 is 28.1 Å². The molecule has 1 aromatic heterocycles. The normalized spacial score (nSPS) is 22.8. The predicted molar refractivity (Wildman–Crippen MR) is 101 cm³/mol. The van der Waals surface area contributed by atoms with Crippen LogP contribution in [0.4, 0.5) is 0 Å². The molecule has 1 fully saturated rings. The highest BCUT2D eigenvalue weighted by molar-refractivity contribution is 5.91. The summed E-state index contributed by atoms with van der Waals surface area (Å²) in [6.45, 7) is 0. The molecule has 4 atom stereocenters. The molecule has 0 aromatic carbocycles. The molecule has 10 heteroatoms. The summed E-state index contributed by atoms with van der Waals surface area (Å²) in [7, 11) is 5.05. The van der Waals surface area contributed by atoms with E-state index in [1.165, 1.54) is 28.4 Å². The molecule has 0 amide bonds. The highest BCUT2D eigenvalue weighted by Gasteiger charge is 2.54. The fourth-order valence-electron chi connectivity index (χ4n) is 2.64. The summed E-state index contributed by atoms with van der Waals surface area (Å²) < 4.78 is 27.7. The molecule has 1 aromatic rings. The molecule has 0 N–H and O–H groups in total. The van der Waals surface area contributed by atoms with Crippen LogP contribution in [0.3, 0.4) is 0 Å². The van der Waals surface area contributed by atoms with E-state index in [0.717, 1.165) is 12.2 Å². The zero-order chi connectivity index (χ0) is 22.5. The Morgan fingerprint density at radius 2 is 1.10 bits per heavy atom. The first kappa shape index (κ1) is 24.6. The molecule has 10 nitrogen and oxygen atoms in total. The second-order valence-corrected chi connectivity index (χ2v) is 5.72. The van der Waals surface area contributed by atoms with Gasteiger partial charge in [-0.3, -0.25) is 9.59 Å². The van der Waals surface area contributed by atoms with Crippen molar-refractivity contribution < 1.29 is 47.3 Å². The molecule has 0 radical (unpaired) electrons. The summed E-state index contributed by atoms with van der Waals surface area (Å²) in [6.07, 6.45) is 8.09. The summed E-state index contributed by atoms with van der Waals surface area (Å²) in [6, 6.07) is 3.67. The number of carbonyl (C=O) groups is 4. The van der Waals surface area contributed by atoms with Crippen LogP contribution in [0.25, 0.3) is 0 Å². The highest BCUT2D eigenvalue weighted by atomic mass is 16.6. The van der Waals surface area contributed by atoms with E-state index < -0.39 is 35.7 Å². The molecular weight excluding hydrogens is 400 g/mol. The van der Waals surface area contributed by atoms with Crippen LogP contribution in [-0.2, 0) is 42.9 Å². The van der Waals surface area contributed by atoms with Gasteiger partial charge in [-0.2, -0.15) is 0 Å². The van der Waals surface area contributed by atoms with Crippen LogP contribution in [0, 0.1) is 11.8 Å². The van der Waals surface area contributed by atoms with Gasteiger partial charge >= 0.3 is 23.9 Å². The van der Waals surface area contributed by atoms with Crippen molar-refractivity contribution in [2.45, 2.75) is 12.2 Å². The fourth-order valence-corrected chi connectivity index (χ4v) is 2.64. The Morgan fingerprint density at radius 3 is 1.37 bits per heavy atom. The maximum atomic E-state index is 11.5. The second-order valence-electron chi connectivity index (χ2n) is 5.72. The number of hydrogen-bond donors (Lipinski definition) is 0. The number of ether oxygens (including phenoxy) is 5. The maximum absolute atomic E-state index is 11.5. The van der Waals surface area contributed by atoms with Crippen molar-refractivity contribution in [1.29, 1.82) is 0 Å². The Labute approximate surface area is 173 Å². The molecule has 2 aliphatic rings. The summed E-state index contributed by atoms with van der Waals surface area (Å²) in [4.78, 5) is 43.6. The molecule has 164 valence electrons. The third-order valence-electron chi connectivity index (χ3n) is 4.03. The van der Waals surface area contributed by atoms with Gasteiger partial charge in [-0.05, 0) is 12.1 Å². The number of hydrogen-bond acceptors (Lipinski definition) is 10. The summed E-state index contributed by atoms with van der Waals surface area (Å²) in [5, 5.41) is 0. The summed E-state index contributed by atoms with van der Waals surface area (Å²) >= 11 is 0. The van der Waals surface area contributed by atoms with Crippen LogP contribution in [-0.4, -0.2) is 64.5 Å². The first-order valence-corrected chi connectivity index (χ1v) is 8.70. The molecule has 0 aliphatic carbocycles. The number of methoxy groups -OCH3 is 4. The van der Waals surface area contributed by atoms with Gasteiger partial charge in [0.1, 0.15) is 11.8 Å². The lowest BCUT2D eigenvalue weighted by Crippen LogP contribution is -2.37. The number of fused-ring (bicyclic) bond motifs is 2. The Kier molecular flexibility index (Phi) is 10.6. The van der Waals surface area contributed by atoms with Gasteiger partial charge in [0, 0.05) is 12.2 Å². The van der Waals surface area contributed by atoms with E-state index in [1.807, 2.05) is 12.1 Å². The molecule has 3 heterocycles. The lowest BCUT2D eigenvalue weighted by Gasteiger charge is -2.20. The van der Waals surface area contributed by atoms with E-state index in [0.29, 0.717) is 0 Å². The molecule has 2 bridgehead atoms. The third-order valence-corrected chi connectivity index (χ3v) is 4.03. The average Bonchev–Trinajstić information content (AvgIpc) is 3.55. The number of rotatable bonds is 4. The van der Waals surface area contributed by atoms with E-state index in [4.69, 9.17) is 4.74 Å². The average molecular weight is 424 g/mol. The molecule has 3 rings (SSSR count). The van der Waals surface area contributed by atoms with Gasteiger partial charge in [-0.15, -0.1) is 0 Å². The SMILES string of the molecule is COC(=O)/C=C\C(=O)OC.COC(=O)C1C2C=CC(O2)C1C(=O)OC.c1ccoc1. The first-order valence-electron chi connectivity index (χ1n) is 8.70. The summed E-state index contributed by atoms with van der Waals surface area (Å²) in [5.74, 6) is -3.16. The van der Waals surface area contributed by atoms with Gasteiger partial charge in [0.2, 0.25) is 0 Å². The van der Waals surface area contributed by atoms with Crippen molar-refractivity contribution in [3.63, 3.8) is 0 Å². The van der Waals surface area contributed by atoms with Crippen LogP contribution < -0.4 is 0 Å². The smallest absolute Gasteiger partial charge is 0.330 e. The van der Waals surface area contributed by atoms with Crippen molar-refractivity contribution in [3.05, 3.63) is 49.0 Å². The molecule has 1 saturated heterocycles. The van der Waals surface area contributed by atoms with E-state index in [2.05, 4.69) is 23.4 Å². The summed E-state index contributed by atoms with van der Waals surface area (Å²) in [5.41, 5.74) is 0. The Bertz CT molecular complexity index is 684. The van der Waals surface area contributed by atoms with E-state index >= 15 is 0 Å². The molecule has 30 heavy (non-hydrogen) atoms. The van der Waals surface area contributed by atoms with Gasteiger partial charge in [0.25, 0.3) is 0 Å². The van der Waals surface area contributed by atoms with Crippen molar-refractivity contribution in [2.75, 3.05) is 28.4 Å². The van der Waals surface area contributed by atoms with Crippen LogP contribution >= 0.6 is 0 Å². The van der Waals surface area contributed by atoms with Crippen LogP contribution in [0.5, 0.6) is 0 Å². The Hall–Kier alpha value is -3.40. The van der Waals surface area contributed by atoms with Gasteiger partial charge in [0.15, 0.2) is 0 Å². The van der Waals surface area contributed by atoms with Crippen molar-refractivity contribution >= 4 is 23.9 Å². The predicted octanol–water partition coefficient (Wildman–Crippen LogP) is 1.07. The van der Waals surface area contributed by atoms with E-state index in [1.54, 1.807) is 24.7 Å². The number of esters is 4. The Morgan fingerprint density at radius 1 is 0.700 bits per heavy atom. The van der Waals surface area contributed by atoms with Gasteiger partial charge in [-0.25, -0.2) is 9.59 Å². The monoisotopic (exact) mass is 424 g/mol. The van der Waals surface area contributed by atoms with Crippen molar-refractivity contribution in [2.24, 2.45) is 11.8 Å². The van der Waals surface area contributed by atoms with Crippen molar-refractivity contribution in [1.82, 2.24) is 0 Å². The van der Waals surface area contributed by atoms with E-state index in [9.17, 15) is 19.2 Å². The minimum atomic E-state index is -0.578. The lowest BCUT2D eigenvalue weighted by atomic mass is 9.83. The van der Waals surface area contributed by atoms with E-state index in [-0.39, 0.29) is 12.2 Å². The minimum absolute atomic E-state index is 0.355. The van der Waals surface area contributed by atoms with Gasteiger partial charge in [-0.1, -0.05) is 12.2 Å². The number of carbonyl (C=O) groups excluding carboxylic acids is 4. The molecule has 0 saturated carbocycles. The standard InChI is InChI=1S/C10H12O5.C6H8O4.C4H4O/c1-13-9(11)7-5-3-4-6(15-5)8(7)10(12)14-2;1-9-5(7)3-4-6(8)10-2;1-2-4-5-3-1/h3-8H,1-2H3;3-4H,1-2H3;1-4H/b;4-3-;. The van der Waals surface area contributed by atoms with Gasteiger partial charge in [0.05, 0.1) is 53.2 Å². The topological polar surface area (TPSA) is 128 Å². The minimum Gasteiger partial charge on any atom is -0.473 e. The Balaban J connectivity index is 0.000000257. The lowest BCUT2D eigenvalue weighted by molar-refractivity contribution is -0.156. The molecular formula is C20H24O10. The third kappa shape index (κ3) is 7.21. The zero-order valence-electron chi connectivity index (χ0n) is 17.0. The molecule has 4 unspecified atom stereocenters. The van der Waals surface area contributed by atoms with Crippen molar-refractivity contribution in [3.8, 4) is 0 Å². The second kappa shape index (κ2) is 12.9. The highest BCUT2D eigenvalue weighted by Crippen LogP contribution is 2.40. The molecule has 0 spiro atoms.